The summed E-state index contributed by atoms with van der Waals surface area (Å²) in [6.45, 7) is 9.54. The summed E-state index contributed by atoms with van der Waals surface area (Å²) in [5.74, 6) is 1.02. The normalized spacial score (nSPS) is 12.0. The summed E-state index contributed by atoms with van der Waals surface area (Å²) < 4.78 is 14.2. The van der Waals surface area contributed by atoms with Crippen molar-refractivity contribution in [2.24, 2.45) is 0 Å². The number of thiophene rings is 1. The van der Waals surface area contributed by atoms with E-state index >= 15 is 0 Å². The number of nitrogens with zero attached hydrogens (tertiary/aromatic N) is 3. The van der Waals surface area contributed by atoms with Gasteiger partial charge >= 0.3 is 0 Å². The van der Waals surface area contributed by atoms with Crippen LogP contribution < -0.4 is 10.3 Å². The highest BCUT2D eigenvalue weighted by Gasteiger charge is 2.18. The molecule has 0 atom stereocenters. The molecule has 0 saturated heterocycles. The Bertz CT molecular complexity index is 1340. The average molecular weight is 484 g/mol. The summed E-state index contributed by atoms with van der Waals surface area (Å²) in [6.07, 6.45) is 1.82. The number of aliphatic hydroxyl groups is 1. The van der Waals surface area contributed by atoms with Crippen molar-refractivity contribution < 1.29 is 14.6 Å². The molecule has 1 aromatic carbocycles. The molecule has 0 aliphatic carbocycles. The quantitative estimate of drug-likeness (QED) is 0.275. The molecular formula is C24H29N3O4SSi. The van der Waals surface area contributed by atoms with Crippen molar-refractivity contribution in [3.8, 4) is 17.3 Å². The van der Waals surface area contributed by atoms with Gasteiger partial charge in [0, 0.05) is 20.9 Å². The Morgan fingerprint density at radius 3 is 2.76 bits per heavy atom. The fourth-order valence-electron chi connectivity index (χ4n) is 3.55. The Balaban J connectivity index is 1.82. The molecule has 0 bridgehead atoms. The van der Waals surface area contributed by atoms with Gasteiger partial charge in [0.1, 0.15) is 24.8 Å². The Morgan fingerprint density at radius 1 is 1.18 bits per heavy atom. The molecule has 0 radical (unpaired) electrons. The van der Waals surface area contributed by atoms with E-state index in [2.05, 4.69) is 24.6 Å². The first-order valence-electron chi connectivity index (χ1n) is 11.0. The Kier molecular flexibility index (Phi) is 6.94. The summed E-state index contributed by atoms with van der Waals surface area (Å²) in [5.41, 5.74) is 1.86. The van der Waals surface area contributed by atoms with Crippen LogP contribution >= 0.6 is 11.3 Å². The van der Waals surface area contributed by atoms with E-state index in [9.17, 15) is 4.79 Å². The highest BCUT2D eigenvalue weighted by Crippen LogP contribution is 2.27. The van der Waals surface area contributed by atoms with E-state index in [4.69, 9.17) is 19.6 Å². The van der Waals surface area contributed by atoms with Gasteiger partial charge in [-0.3, -0.25) is 14.3 Å². The third-order valence-corrected chi connectivity index (χ3v) is 7.94. The number of fused-ring (bicyclic) bond motifs is 2. The maximum atomic E-state index is 13.6. The summed E-state index contributed by atoms with van der Waals surface area (Å²) in [4.78, 5) is 23.1. The lowest BCUT2D eigenvalue weighted by Gasteiger charge is -2.18. The molecule has 4 rings (SSSR count). The van der Waals surface area contributed by atoms with Crippen LogP contribution in [0.2, 0.25) is 25.7 Å². The molecule has 0 spiro atoms. The largest absolute Gasteiger partial charge is 0.491 e. The van der Waals surface area contributed by atoms with Gasteiger partial charge in [-0.05, 0) is 53.6 Å². The maximum absolute atomic E-state index is 13.6. The third kappa shape index (κ3) is 5.32. The maximum Gasteiger partial charge on any atom is 0.263 e. The molecule has 0 amide bonds. The van der Waals surface area contributed by atoms with Crippen LogP contribution in [0.5, 0.6) is 5.75 Å². The van der Waals surface area contributed by atoms with Crippen molar-refractivity contribution in [3.63, 3.8) is 0 Å². The van der Waals surface area contributed by atoms with E-state index in [1.165, 1.54) is 0 Å². The number of pyridine rings is 1. The van der Waals surface area contributed by atoms with E-state index in [0.29, 0.717) is 34.8 Å². The van der Waals surface area contributed by atoms with Crippen molar-refractivity contribution in [1.82, 2.24) is 14.5 Å². The van der Waals surface area contributed by atoms with Crippen LogP contribution in [-0.2, 0) is 11.5 Å². The van der Waals surface area contributed by atoms with Gasteiger partial charge in [-0.25, -0.2) is 4.98 Å². The molecule has 0 unspecified atom stereocenters. The van der Waals surface area contributed by atoms with Crippen molar-refractivity contribution in [1.29, 1.82) is 0 Å². The van der Waals surface area contributed by atoms with E-state index in [0.717, 1.165) is 21.7 Å². The van der Waals surface area contributed by atoms with E-state index in [1.54, 1.807) is 22.0 Å². The zero-order valence-electron chi connectivity index (χ0n) is 19.4. The van der Waals surface area contributed by atoms with Crippen molar-refractivity contribution in [2.75, 3.05) is 19.8 Å². The van der Waals surface area contributed by atoms with Gasteiger partial charge in [0.05, 0.1) is 22.2 Å². The number of rotatable bonds is 9. The van der Waals surface area contributed by atoms with E-state index in [1.807, 2.05) is 36.7 Å². The highest BCUT2D eigenvalue weighted by atomic mass is 32.1. The molecule has 9 heteroatoms. The molecule has 3 aromatic heterocycles. The van der Waals surface area contributed by atoms with E-state index in [-0.39, 0.29) is 25.5 Å². The number of hydrogen-bond donors (Lipinski definition) is 1. The molecule has 1 N–H and O–H groups in total. The average Bonchev–Trinajstić information content (AvgIpc) is 3.24. The summed E-state index contributed by atoms with van der Waals surface area (Å²) >= 11 is 1.63. The van der Waals surface area contributed by atoms with Gasteiger partial charge in [-0.2, -0.15) is 0 Å². The van der Waals surface area contributed by atoms with E-state index < -0.39 is 8.07 Å². The first-order chi connectivity index (χ1) is 15.8. The van der Waals surface area contributed by atoms with Gasteiger partial charge in [0.2, 0.25) is 0 Å². The highest BCUT2D eigenvalue weighted by molar-refractivity contribution is 7.17. The molecule has 0 aliphatic rings. The van der Waals surface area contributed by atoms with Gasteiger partial charge in [-0.15, -0.1) is 11.3 Å². The molecule has 33 heavy (non-hydrogen) atoms. The van der Waals surface area contributed by atoms with Gasteiger partial charge < -0.3 is 14.6 Å². The Hall–Kier alpha value is -2.59. The minimum absolute atomic E-state index is 0.0971. The fraction of sp³-hybridized carbons (Fsp3) is 0.375. The van der Waals surface area contributed by atoms with Gasteiger partial charge in [0.15, 0.2) is 5.82 Å². The van der Waals surface area contributed by atoms with Crippen LogP contribution in [0.4, 0.5) is 0 Å². The lowest BCUT2D eigenvalue weighted by Crippen LogP contribution is -2.27. The third-order valence-electron chi connectivity index (χ3n) is 5.37. The molecule has 0 saturated carbocycles. The molecule has 7 nitrogen and oxygen atoms in total. The second-order valence-electron chi connectivity index (χ2n) is 9.25. The summed E-state index contributed by atoms with van der Waals surface area (Å²) in [6, 6.07) is 8.53. The van der Waals surface area contributed by atoms with Crippen LogP contribution in [0.1, 0.15) is 5.56 Å². The second kappa shape index (κ2) is 9.72. The number of aromatic nitrogens is 3. The molecule has 3 heterocycles. The first-order valence-corrected chi connectivity index (χ1v) is 15.6. The van der Waals surface area contributed by atoms with Crippen LogP contribution in [0.15, 0.2) is 40.6 Å². The number of hydrogen-bond acceptors (Lipinski definition) is 7. The molecule has 174 valence electrons. The van der Waals surface area contributed by atoms with Crippen LogP contribution in [0.3, 0.4) is 0 Å². The standard InChI is InChI=1S/C24H29N3O4SSi/c1-16-11-18(31-7-6-28)13-19-22(16)26-23(20-12-17-5-9-32-21(17)14-25-20)27(24(19)29)15-30-8-10-33(2,3)4/h5,9,11-14,28H,6-8,10,15H2,1-4H3. The van der Waals surface area contributed by atoms with Gasteiger partial charge in [-0.1, -0.05) is 19.6 Å². The molecule has 4 aromatic rings. The zero-order valence-corrected chi connectivity index (χ0v) is 21.2. The topological polar surface area (TPSA) is 86.5 Å². The first kappa shape index (κ1) is 23.6. The lowest BCUT2D eigenvalue weighted by molar-refractivity contribution is 0.0856. The Morgan fingerprint density at radius 2 is 2.00 bits per heavy atom. The van der Waals surface area contributed by atoms with Crippen LogP contribution in [-0.4, -0.2) is 47.5 Å². The number of ether oxygens (including phenoxy) is 2. The van der Waals surface area contributed by atoms with Crippen LogP contribution in [0, 0.1) is 6.92 Å². The molecule has 0 fully saturated rings. The minimum Gasteiger partial charge on any atom is -0.491 e. The van der Waals surface area contributed by atoms with Gasteiger partial charge in [0.25, 0.3) is 5.56 Å². The second-order valence-corrected chi connectivity index (χ2v) is 15.8. The number of aliphatic hydroxyl groups excluding tert-OH is 1. The SMILES string of the molecule is Cc1cc(OCCO)cc2c(=O)n(COCC[Si](C)(C)C)c(-c3cc4ccsc4cn3)nc12. The van der Waals surface area contributed by atoms with Crippen molar-refractivity contribution >= 4 is 40.4 Å². The van der Waals surface area contributed by atoms with Crippen molar-refractivity contribution in [3.05, 3.63) is 51.8 Å². The van der Waals surface area contributed by atoms with Crippen molar-refractivity contribution in [2.45, 2.75) is 39.3 Å². The smallest absolute Gasteiger partial charge is 0.263 e. The molecular weight excluding hydrogens is 454 g/mol. The zero-order chi connectivity index (χ0) is 23.6. The van der Waals surface area contributed by atoms with Crippen LogP contribution in [0.25, 0.3) is 32.5 Å². The lowest BCUT2D eigenvalue weighted by atomic mass is 10.1. The number of benzene rings is 1. The monoisotopic (exact) mass is 483 g/mol. The predicted octanol–water partition coefficient (Wildman–Crippen LogP) is 4.67. The Labute approximate surface area is 197 Å². The minimum atomic E-state index is -1.26. The summed E-state index contributed by atoms with van der Waals surface area (Å²) in [5, 5.41) is 12.6. The fourth-order valence-corrected chi connectivity index (χ4v) is 5.05. The predicted molar refractivity (Wildman–Crippen MR) is 136 cm³/mol. The summed E-state index contributed by atoms with van der Waals surface area (Å²) in [7, 11) is -1.26. The number of aryl methyl sites for hydroxylation is 1. The molecule has 0 aliphatic heterocycles.